The fourth-order valence-electron chi connectivity index (χ4n) is 3.10. The van der Waals surface area contributed by atoms with Crippen molar-refractivity contribution >= 4 is 34.1 Å². The maximum absolute atomic E-state index is 14.0. The van der Waals surface area contributed by atoms with Crippen molar-refractivity contribution in [2.24, 2.45) is 0 Å². The Bertz CT molecular complexity index is 1410. The number of para-hydroxylation sites is 1. The molecule has 4 aromatic rings. The average molecular weight is 466 g/mol. The van der Waals surface area contributed by atoms with E-state index in [4.69, 9.17) is 9.47 Å². The van der Waals surface area contributed by atoms with Crippen LogP contribution in [-0.4, -0.2) is 27.5 Å². The van der Waals surface area contributed by atoms with Crippen LogP contribution in [0.15, 0.2) is 60.7 Å². The Morgan fingerprint density at radius 1 is 1.09 bits per heavy atom. The number of rotatable bonds is 7. The number of non-ortho nitro benzene ring substituents is 1. The molecule has 0 aliphatic carbocycles. The number of nitro benzene ring substituents is 1. The summed E-state index contributed by atoms with van der Waals surface area (Å²) < 4.78 is 37.6. The first-order valence-corrected chi connectivity index (χ1v) is 9.97. The van der Waals surface area contributed by atoms with Crippen LogP contribution in [0.5, 0.6) is 11.5 Å². The molecule has 0 atom stereocenters. The van der Waals surface area contributed by atoms with E-state index in [0.29, 0.717) is 17.0 Å². The van der Waals surface area contributed by atoms with E-state index >= 15 is 0 Å². The first-order chi connectivity index (χ1) is 16.3. The molecule has 1 N–H and O–H groups in total. The molecule has 0 aliphatic rings. The molecule has 1 aromatic heterocycles. The van der Waals surface area contributed by atoms with Crippen LogP contribution in [0.4, 0.5) is 26.0 Å². The van der Waals surface area contributed by atoms with E-state index in [2.05, 4.69) is 15.3 Å². The molecule has 0 saturated heterocycles. The zero-order valence-electron chi connectivity index (χ0n) is 17.6. The van der Waals surface area contributed by atoms with Crippen molar-refractivity contribution in [3.63, 3.8) is 0 Å². The average Bonchev–Trinajstić information content (AvgIpc) is 2.81. The van der Waals surface area contributed by atoms with Gasteiger partial charge < -0.3 is 14.8 Å². The Kier molecular flexibility index (Phi) is 6.26. The van der Waals surface area contributed by atoms with E-state index in [1.807, 2.05) is 0 Å². The zero-order valence-corrected chi connectivity index (χ0v) is 17.6. The summed E-state index contributed by atoms with van der Waals surface area (Å²) in [5.74, 6) is -2.89. The van der Waals surface area contributed by atoms with Gasteiger partial charge in [0.05, 0.1) is 28.8 Å². The minimum absolute atomic E-state index is 0.0776. The highest BCUT2D eigenvalue weighted by Crippen LogP contribution is 2.33. The second-order valence-electron chi connectivity index (χ2n) is 6.91. The number of benzene rings is 3. The molecule has 9 nitrogen and oxygen atoms in total. The van der Waals surface area contributed by atoms with Crippen molar-refractivity contribution in [3.05, 3.63) is 88.2 Å². The molecule has 11 heteroatoms. The summed E-state index contributed by atoms with van der Waals surface area (Å²) >= 11 is 0. The molecule has 4 rings (SSSR count). The van der Waals surface area contributed by atoms with E-state index in [9.17, 15) is 23.7 Å². The monoisotopic (exact) mass is 466 g/mol. The third-order valence-corrected chi connectivity index (χ3v) is 4.55. The number of nitro groups is 1. The lowest BCUT2D eigenvalue weighted by Crippen LogP contribution is -2.11. The molecule has 0 fully saturated rings. The molecule has 0 bridgehead atoms. The van der Waals surface area contributed by atoms with Crippen molar-refractivity contribution < 1.29 is 28.0 Å². The largest absolute Gasteiger partial charge is 0.460 e. The molecule has 0 radical (unpaired) electrons. The maximum atomic E-state index is 14.0. The van der Waals surface area contributed by atoms with Crippen LogP contribution in [0.3, 0.4) is 0 Å². The summed E-state index contributed by atoms with van der Waals surface area (Å²) in [7, 11) is 0. The number of fused-ring (bicyclic) bond motifs is 1. The van der Waals surface area contributed by atoms with Gasteiger partial charge in [-0.1, -0.05) is 12.1 Å². The number of ether oxygens (including phenoxy) is 2. The van der Waals surface area contributed by atoms with Crippen molar-refractivity contribution in [2.75, 3.05) is 11.9 Å². The molecule has 0 amide bonds. The third kappa shape index (κ3) is 4.88. The lowest BCUT2D eigenvalue weighted by atomic mass is 10.2. The number of aromatic nitrogens is 2. The smallest absolute Gasteiger partial charge is 0.376 e. The molecule has 3 aromatic carbocycles. The van der Waals surface area contributed by atoms with Crippen LogP contribution in [0.25, 0.3) is 10.9 Å². The predicted molar refractivity (Wildman–Crippen MR) is 118 cm³/mol. The topological polar surface area (TPSA) is 116 Å². The van der Waals surface area contributed by atoms with Crippen molar-refractivity contribution in [1.29, 1.82) is 0 Å². The van der Waals surface area contributed by atoms with Gasteiger partial charge in [-0.15, -0.1) is 0 Å². The van der Waals surface area contributed by atoms with E-state index < -0.39 is 22.5 Å². The number of nitrogens with one attached hydrogen (secondary N) is 1. The minimum atomic E-state index is -0.970. The van der Waals surface area contributed by atoms with Crippen molar-refractivity contribution in [1.82, 2.24) is 9.97 Å². The maximum Gasteiger partial charge on any atom is 0.376 e. The Morgan fingerprint density at radius 3 is 2.62 bits per heavy atom. The first kappa shape index (κ1) is 22.5. The van der Waals surface area contributed by atoms with Crippen molar-refractivity contribution in [2.45, 2.75) is 6.92 Å². The quantitative estimate of drug-likeness (QED) is 0.215. The Hall–Kier alpha value is -4.67. The van der Waals surface area contributed by atoms with Gasteiger partial charge in [-0.3, -0.25) is 10.1 Å². The summed E-state index contributed by atoms with van der Waals surface area (Å²) in [5.41, 5.74) is 0.259. The Balaban J connectivity index is 1.76. The van der Waals surface area contributed by atoms with Gasteiger partial charge in [-0.2, -0.15) is 0 Å². The van der Waals surface area contributed by atoms with Crippen LogP contribution < -0.4 is 10.1 Å². The zero-order chi connectivity index (χ0) is 24.2. The second kappa shape index (κ2) is 9.45. The third-order valence-electron chi connectivity index (χ3n) is 4.55. The summed E-state index contributed by atoms with van der Waals surface area (Å²) in [6, 6.07) is 13.2. The Morgan fingerprint density at radius 2 is 1.88 bits per heavy atom. The van der Waals surface area contributed by atoms with Crippen LogP contribution in [0.1, 0.15) is 17.5 Å². The number of esters is 1. The lowest BCUT2D eigenvalue weighted by Gasteiger charge is -2.12. The number of halogens is 2. The van der Waals surface area contributed by atoms with Gasteiger partial charge in [0.2, 0.25) is 5.82 Å². The molecule has 1 heterocycles. The normalized spacial score (nSPS) is 10.7. The number of carbonyl (C=O) groups is 1. The molecule has 172 valence electrons. The number of hydrogen-bond acceptors (Lipinski definition) is 8. The summed E-state index contributed by atoms with van der Waals surface area (Å²) in [4.78, 5) is 31.4. The first-order valence-electron chi connectivity index (χ1n) is 9.97. The standard InChI is InChI=1S/C23H16F2N4O5/c1-2-33-23(30)22-27-19-6-4-3-5-17(19)21(28-22)26-14-10-15(29(31)32)12-16(11-14)34-20-8-7-13(24)9-18(20)25/h3-12H,2H2,1H3,(H,26,27,28). The fourth-order valence-corrected chi connectivity index (χ4v) is 3.10. The van der Waals surface area contributed by atoms with Crippen LogP contribution in [0.2, 0.25) is 0 Å². The predicted octanol–water partition coefficient (Wildman–Crippen LogP) is 5.53. The van der Waals surface area contributed by atoms with Crippen LogP contribution in [-0.2, 0) is 4.74 Å². The van der Waals surface area contributed by atoms with Gasteiger partial charge >= 0.3 is 5.97 Å². The number of carbonyl (C=O) groups excluding carboxylic acids is 1. The molecule has 0 saturated carbocycles. The lowest BCUT2D eigenvalue weighted by molar-refractivity contribution is -0.384. The Labute approximate surface area is 191 Å². The van der Waals surface area contributed by atoms with Gasteiger partial charge in [0.15, 0.2) is 11.6 Å². The van der Waals surface area contributed by atoms with Gasteiger partial charge in [0.1, 0.15) is 17.4 Å². The van der Waals surface area contributed by atoms with Crippen molar-refractivity contribution in [3.8, 4) is 11.5 Å². The number of nitrogens with zero attached hydrogens (tertiary/aromatic N) is 3. The van der Waals surface area contributed by atoms with Gasteiger partial charge in [0.25, 0.3) is 5.69 Å². The molecule has 0 unspecified atom stereocenters. The second-order valence-corrected chi connectivity index (χ2v) is 6.91. The molecule has 0 spiro atoms. The number of hydrogen-bond donors (Lipinski definition) is 1. The molecule has 0 aliphatic heterocycles. The minimum Gasteiger partial charge on any atom is -0.460 e. The summed E-state index contributed by atoms with van der Waals surface area (Å²) in [6.07, 6.45) is 0. The van der Waals surface area contributed by atoms with Gasteiger partial charge in [0, 0.05) is 23.6 Å². The SMILES string of the molecule is CCOC(=O)c1nc(Nc2cc(Oc3ccc(F)cc3F)cc([N+](=O)[O-])c2)c2ccccc2n1. The number of anilines is 2. The van der Waals surface area contributed by atoms with E-state index in [0.717, 1.165) is 18.2 Å². The summed E-state index contributed by atoms with van der Waals surface area (Å²) in [6.45, 7) is 1.77. The van der Waals surface area contributed by atoms with E-state index in [1.165, 1.54) is 12.1 Å². The van der Waals surface area contributed by atoms with Gasteiger partial charge in [-0.05, 0) is 31.2 Å². The van der Waals surface area contributed by atoms with E-state index in [1.54, 1.807) is 31.2 Å². The van der Waals surface area contributed by atoms with Crippen LogP contribution in [0, 0.1) is 21.7 Å². The fraction of sp³-hybridized carbons (Fsp3) is 0.0870. The van der Waals surface area contributed by atoms with Crippen LogP contribution >= 0.6 is 0 Å². The molecule has 34 heavy (non-hydrogen) atoms. The summed E-state index contributed by atoms with van der Waals surface area (Å²) in [5, 5.41) is 14.9. The van der Waals surface area contributed by atoms with Gasteiger partial charge in [-0.25, -0.2) is 23.5 Å². The highest BCUT2D eigenvalue weighted by molar-refractivity contribution is 5.95. The van der Waals surface area contributed by atoms with E-state index in [-0.39, 0.29) is 41.1 Å². The molecular formula is C23H16F2N4O5. The highest BCUT2D eigenvalue weighted by Gasteiger charge is 2.18. The molecular weight excluding hydrogens is 450 g/mol. The highest BCUT2D eigenvalue weighted by atomic mass is 19.1.